The van der Waals surface area contributed by atoms with Crippen LogP contribution in [0.15, 0.2) is 19.0 Å². The monoisotopic (exact) mass is 121 g/mol. The lowest BCUT2D eigenvalue weighted by molar-refractivity contribution is 0.924. The standard InChI is InChI=1S/C8H11N/c1-4-8-6-9(3)5-7(8)2/h4-6H,1H2,2-3H3. The van der Waals surface area contributed by atoms with E-state index in [9.17, 15) is 0 Å². The van der Waals surface area contributed by atoms with Crippen LogP contribution in [0.1, 0.15) is 11.1 Å². The van der Waals surface area contributed by atoms with E-state index in [1.54, 1.807) is 0 Å². The third-order valence-corrected chi connectivity index (χ3v) is 1.42. The van der Waals surface area contributed by atoms with Crippen molar-refractivity contribution in [2.24, 2.45) is 7.05 Å². The molecular formula is C8H11N. The number of hydrogen-bond donors (Lipinski definition) is 0. The maximum Gasteiger partial charge on any atom is 0.0107 e. The Morgan fingerprint density at radius 1 is 1.56 bits per heavy atom. The normalized spacial score (nSPS) is 9.56. The molecule has 0 saturated heterocycles. The molecule has 0 aliphatic heterocycles. The number of aromatic nitrogens is 1. The third kappa shape index (κ3) is 1.04. The predicted octanol–water partition coefficient (Wildman–Crippen LogP) is 1.98. The second-order valence-corrected chi connectivity index (χ2v) is 2.27. The largest absolute Gasteiger partial charge is 0.356 e. The van der Waals surface area contributed by atoms with Crippen LogP contribution in [0.5, 0.6) is 0 Å². The second kappa shape index (κ2) is 2.09. The fourth-order valence-electron chi connectivity index (χ4n) is 0.952. The molecule has 0 N–H and O–H groups in total. The fraction of sp³-hybridized carbons (Fsp3) is 0.250. The Labute approximate surface area is 55.6 Å². The van der Waals surface area contributed by atoms with Gasteiger partial charge in [-0.15, -0.1) is 0 Å². The maximum absolute atomic E-state index is 3.69. The molecule has 0 radical (unpaired) electrons. The van der Waals surface area contributed by atoms with Crippen molar-refractivity contribution in [3.63, 3.8) is 0 Å². The lowest BCUT2D eigenvalue weighted by atomic mass is 10.2. The Hall–Kier alpha value is -0.980. The molecular weight excluding hydrogens is 110 g/mol. The van der Waals surface area contributed by atoms with Crippen molar-refractivity contribution in [2.45, 2.75) is 6.92 Å². The maximum atomic E-state index is 3.69. The first-order chi connectivity index (χ1) is 4.24. The Bertz CT molecular complexity index is 220. The van der Waals surface area contributed by atoms with Gasteiger partial charge in [-0.25, -0.2) is 0 Å². The molecule has 0 unspecified atom stereocenters. The molecule has 1 aromatic heterocycles. The lowest BCUT2D eigenvalue weighted by Crippen LogP contribution is -1.76. The molecule has 9 heavy (non-hydrogen) atoms. The van der Waals surface area contributed by atoms with E-state index in [1.165, 1.54) is 11.1 Å². The van der Waals surface area contributed by atoms with Crippen LogP contribution in [0.3, 0.4) is 0 Å². The van der Waals surface area contributed by atoms with Crippen LogP contribution in [-0.2, 0) is 7.05 Å². The van der Waals surface area contributed by atoms with Gasteiger partial charge in [0.15, 0.2) is 0 Å². The van der Waals surface area contributed by atoms with Gasteiger partial charge in [0.25, 0.3) is 0 Å². The molecule has 0 aromatic carbocycles. The smallest absolute Gasteiger partial charge is 0.0107 e. The minimum atomic E-state index is 1.22. The van der Waals surface area contributed by atoms with E-state index in [0.29, 0.717) is 0 Å². The summed E-state index contributed by atoms with van der Waals surface area (Å²) >= 11 is 0. The van der Waals surface area contributed by atoms with Crippen LogP contribution >= 0.6 is 0 Å². The van der Waals surface area contributed by atoms with Crippen molar-refractivity contribution in [1.29, 1.82) is 0 Å². The van der Waals surface area contributed by atoms with E-state index in [2.05, 4.69) is 25.9 Å². The first-order valence-electron chi connectivity index (χ1n) is 2.99. The summed E-state index contributed by atoms with van der Waals surface area (Å²) < 4.78 is 2.03. The van der Waals surface area contributed by atoms with Crippen molar-refractivity contribution in [2.75, 3.05) is 0 Å². The molecule has 1 nitrogen and oxygen atoms in total. The van der Waals surface area contributed by atoms with Crippen molar-refractivity contribution >= 4 is 6.08 Å². The van der Waals surface area contributed by atoms with E-state index < -0.39 is 0 Å². The average Bonchev–Trinajstić information content (AvgIpc) is 2.10. The summed E-state index contributed by atoms with van der Waals surface area (Å²) in [5.74, 6) is 0. The summed E-state index contributed by atoms with van der Waals surface area (Å²) in [6.45, 7) is 5.77. The molecule has 0 saturated carbocycles. The third-order valence-electron chi connectivity index (χ3n) is 1.42. The molecule has 0 aliphatic rings. The quantitative estimate of drug-likeness (QED) is 0.535. The fourth-order valence-corrected chi connectivity index (χ4v) is 0.952. The average molecular weight is 121 g/mol. The Kier molecular flexibility index (Phi) is 1.43. The van der Waals surface area contributed by atoms with Gasteiger partial charge in [-0.3, -0.25) is 0 Å². The lowest BCUT2D eigenvalue weighted by Gasteiger charge is -1.82. The SMILES string of the molecule is C=Cc1cn(C)cc1C. The van der Waals surface area contributed by atoms with Gasteiger partial charge in [0, 0.05) is 19.4 Å². The highest BCUT2D eigenvalue weighted by molar-refractivity contribution is 5.50. The summed E-state index contributed by atoms with van der Waals surface area (Å²) in [6.07, 6.45) is 6.01. The van der Waals surface area contributed by atoms with E-state index in [-0.39, 0.29) is 0 Å². The van der Waals surface area contributed by atoms with E-state index in [4.69, 9.17) is 0 Å². The van der Waals surface area contributed by atoms with Crippen molar-refractivity contribution in [1.82, 2.24) is 4.57 Å². The zero-order chi connectivity index (χ0) is 6.85. The van der Waals surface area contributed by atoms with Crippen LogP contribution in [0.25, 0.3) is 6.08 Å². The molecule has 1 rings (SSSR count). The summed E-state index contributed by atoms with van der Waals surface area (Å²) in [4.78, 5) is 0. The van der Waals surface area contributed by atoms with Gasteiger partial charge >= 0.3 is 0 Å². The minimum absolute atomic E-state index is 1.22. The summed E-state index contributed by atoms with van der Waals surface area (Å²) in [7, 11) is 2.01. The van der Waals surface area contributed by atoms with Crippen LogP contribution in [0.2, 0.25) is 0 Å². The zero-order valence-corrected chi connectivity index (χ0v) is 5.89. The molecule has 0 bridgehead atoms. The highest BCUT2D eigenvalue weighted by Crippen LogP contribution is 2.08. The summed E-state index contributed by atoms with van der Waals surface area (Å²) in [5.41, 5.74) is 2.50. The van der Waals surface area contributed by atoms with Gasteiger partial charge in [0.1, 0.15) is 0 Å². The van der Waals surface area contributed by atoms with Crippen molar-refractivity contribution < 1.29 is 0 Å². The van der Waals surface area contributed by atoms with Crippen LogP contribution in [-0.4, -0.2) is 4.57 Å². The topological polar surface area (TPSA) is 4.93 Å². The highest BCUT2D eigenvalue weighted by atomic mass is 14.9. The summed E-state index contributed by atoms with van der Waals surface area (Å²) in [6, 6.07) is 0. The molecule has 1 heteroatoms. The predicted molar refractivity (Wildman–Crippen MR) is 40.2 cm³/mol. The number of hydrogen-bond acceptors (Lipinski definition) is 0. The Morgan fingerprint density at radius 3 is 2.44 bits per heavy atom. The van der Waals surface area contributed by atoms with E-state index in [1.807, 2.05) is 17.7 Å². The molecule has 0 spiro atoms. The molecule has 48 valence electrons. The van der Waals surface area contributed by atoms with Gasteiger partial charge in [-0.1, -0.05) is 12.7 Å². The number of rotatable bonds is 1. The molecule has 0 aliphatic carbocycles. The van der Waals surface area contributed by atoms with Crippen molar-refractivity contribution in [3.05, 3.63) is 30.1 Å². The second-order valence-electron chi connectivity index (χ2n) is 2.27. The van der Waals surface area contributed by atoms with Crippen LogP contribution in [0.4, 0.5) is 0 Å². The molecule has 1 heterocycles. The molecule has 0 fully saturated rings. The molecule has 1 aromatic rings. The van der Waals surface area contributed by atoms with Gasteiger partial charge in [-0.2, -0.15) is 0 Å². The molecule has 0 amide bonds. The van der Waals surface area contributed by atoms with Gasteiger partial charge in [-0.05, 0) is 18.1 Å². The van der Waals surface area contributed by atoms with Crippen molar-refractivity contribution in [3.8, 4) is 0 Å². The van der Waals surface area contributed by atoms with Crippen LogP contribution < -0.4 is 0 Å². The molecule has 0 atom stereocenters. The van der Waals surface area contributed by atoms with Gasteiger partial charge < -0.3 is 4.57 Å². The first kappa shape index (κ1) is 6.14. The number of aryl methyl sites for hydroxylation is 2. The van der Waals surface area contributed by atoms with E-state index in [0.717, 1.165) is 0 Å². The van der Waals surface area contributed by atoms with Crippen LogP contribution in [0, 0.1) is 6.92 Å². The summed E-state index contributed by atoms with van der Waals surface area (Å²) in [5, 5.41) is 0. The van der Waals surface area contributed by atoms with Gasteiger partial charge in [0.2, 0.25) is 0 Å². The van der Waals surface area contributed by atoms with E-state index >= 15 is 0 Å². The Morgan fingerprint density at radius 2 is 2.22 bits per heavy atom. The first-order valence-corrected chi connectivity index (χ1v) is 2.99. The Balaban J connectivity index is 3.15. The number of nitrogens with zero attached hydrogens (tertiary/aromatic N) is 1. The van der Waals surface area contributed by atoms with Gasteiger partial charge in [0.05, 0.1) is 0 Å². The zero-order valence-electron chi connectivity index (χ0n) is 5.89. The highest BCUT2D eigenvalue weighted by Gasteiger charge is 1.93. The minimum Gasteiger partial charge on any atom is -0.356 e.